The van der Waals surface area contributed by atoms with Gasteiger partial charge < -0.3 is 9.64 Å². The summed E-state index contributed by atoms with van der Waals surface area (Å²) in [4.78, 5) is 14.7. The number of rotatable bonds is 3. The number of hydrogen-bond donors (Lipinski definition) is 0. The van der Waals surface area contributed by atoms with Crippen LogP contribution in [0.5, 0.6) is 0 Å². The summed E-state index contributed by atoms with van der Waals surface area (Å²) in [6, 6.07) is 4.01. The van der Waals surface area contributed by atoms with E-state index in [9.17, 15) is 4.79 Å². The van der Waals surface area contributed by atoms with Gasteiger partial charge in [-0.1, -0.05) is 6.07 Å². The van der Waals surface area contributed by atoms with Crippen molar-refractivity contribution >= 4 is 17.4 Å². The lowest BCUT2D eigenvalue weighted by Gasteiger charge is -2.26. The summed E-state index contributed by atoms with van der Waals surface area (Å²) in [7, 11) is 0. The molecule has 0 N–H and O–H groups in total. The first-order valence-corrected chi connectivity index (χ1v) is 6.30. The first-order chi connectivity index (χ1) is 7.42. The third-order valence-electron chi connectivity index (χ3n) is 1.96. The maximum atomic E-state index is 11.8. The van der Waals surface area contributed by atoms with Crippen molar-refractivity contribution in [2.24, 2.45) is 0 Å². The average molecular weight is 241 g/mol. The molecule has 0 aromatic carbocycles. The van der Waals surface area contributed by atoms with E-state index in [0.717, 1.165) is 0 Å². The van der Waals surface area contributed by atoms with Crippen LogP contribution in [-0.4, -0.2) is 23.1 Å². The second-order valence-electron chi connectivity index (χ2n) is 4.57. The quantitative estimate of drug-likeness (QED) is 0.810. The van der Waals surface area contributed by atoms with Crippen LogP contribution in [0.15, 0.2) is 17.5 Å². The Morgan fingerprint density at radius 2 is 2.19 bits per heavy atom. The highest BCUT2D eigenvalue weighted by molar-refractivity contribution is 7.09. The van der Waals surface area contributed by atoms with E-state index in [1.807, 2.05) is 45.2 Å². The zero-order valence-corrected chi connectivity index (χ0v) is 11.1. The molecule has 0 fully saturated rings. The van der Waals surface area contributed by atoms with Gasteiger partial charge in [0.25, 0.3) is 0 Å². The molecule has 0 saturated carbocycles. The Morgan fingerprint density at radius 1 is 1.50 bits per heavy atom. The Kier molecular flexibility index (Phi) is 4.35. The van der Waals surface area contributed by atoms with Gasteiger partial charge in [0.1, 0.15) is 5.60 Å². The fraction of sp³-hybridized carbons (Fsp3) is 0.583. The zero-order valence-electron chi connectivity index (χ0n) is 10.3. The molecule has 1 rings (SSSR count). The molecule has 0 bridgehead atoms. The van der Waals surface area contributed by atoms with Crippen LogP contribution in [0.25, 0.3) is 0 Å². The maximum absolute atomic E-state index is 11.8. The Bertz CT molecular complexity index is 327. The predicted molar refractivity (Wildman–Crippen MR) is 66.6 cm³/mol. The number of hydrogen-bond acceptors (Lipinski definition) is 3. The monoisotopic (exact) mass is 241 g/mol. The van der Waals surface area contributed by atoms with Crippen LogP contribution in [0.3, 0.4) is 0 Å². The SMILES string of the molecule is CCN(Cc1cccs1)C(=O)OC(C)(C)C. The Morgan fingerprint density at radius 3 is 2.62 bits per heavy atom. The molecule has 0 unspecified atom stereocenters. The molecule has 4 heteroatoms. The highest BCUT2D eigenvalue weighted by Gasteiger charge is 2.21. The molecule has 0 radical (unpaired) electrons. The van der Waals surface area contributed by atoms with E-state index in [1.54, 1.807) is 16.2 Å². The van der Waals surface area contributed by atoms with Gasteiger partial charge >= 0.3 is 6.09 Å². The molecule has 0 aliphatic carbocycles. The number of nitrogens with zero attached hydrogens (tertiary/aromatic N) is 1. The lowest BCUT2D eigenvalue weighted by molar-refractivity contribution is 0.0246. The van der Waals surface area contributed by atoms with Gasteiger partial charge in [-0.25, -0.2) is 4.79 Å². The fourth-order valence-corrected chi connectivity index (χ4v) is 1.94. The van der Waals surface area contributed by atoms with Crippen molar-refractivity contribution in [2.45, 2.75) is 39.8 Å². The number of carbonyl (C=O) groups excluding carboxylic acids is 1. The van der Waals surface area contributed by atoms with Gasteiger partial charge in [0, 0.05) is 11.4 Å². The Labute approximate surface area is 101 Å². The van der Waals surface area contributed by atoms with Crippen LogP contribution in [0.1, 0.15) is 32.6 Å². The summed E-state index contributed by atoms with van der Waals surface area (Å²) in [5.41, 5.74) is -0.431. The summed E-state index contributed by atoms with van der Waals surface area (Å²) in [5.74, 6) is 0. The maximum Gasteiger partial charge on any atom is 0.410 e. The smallest absolute Gasteiger partial charge is 0.410 e. The molecular formula is C12H19NO2S. The first kappa shape index (κ1) is 13.0. The van der Waals surface area contributed by atoms with Crippen LogP contribution in [0.2, 0.25) is 0 Å². The molecule has 0 atom stereocenters. The molecule has 1 aromatic rings. The van der Waals surface area contributed by atoms with E-state index in [2.05, 4.69) is 0 Å². The van der Waals surface area contributed by atoms with Crippen molar-refractivity contribution in [1.29, 1.82) is 0 Å². The molecule has 3 nitrogen and oxygen atoms in total. The second-order valence-corrected chi connectivity index (χ2v) is 5.61. The molecule has 1 heterocycles. The highest BCUT2D eigenvalue weighted by atomic mass is 32.1. The van der Waals surface area contributed by atoms with E-state index in [1.165, 1.54) is 4.88 Å². The van der Waals surface area contributed by atoms with Crippen molar-refractivity contribution in [2.75, 3.05) is 6.54 Å². The molecule has 16 heavy (non-hydrogen) atoms. The highest BCUT2D eigenvalue weighted by Crippen LogP contribution is 2.15. The van der Waals surface area contributed by atoms with Gasteiger partial charge in [-0.05, 0) is 39.1 Å². The van der Waals surface area contributed by atoms with E-state index in [0.29, 0.717) is 13.1 Å². The van der Waals surface area contributed by atoms with Crippen molar-refractivity contribution in [3.8, 4) is 0 Å². The normalized spacial score (nSPS) is 11.2. The summed E-state index contributed by atoms with van der Waals surface area (Å²) in [5, 5.41) is 2.01. The Balaban J connectivity index is 2.57. The van der Waals surface area contributed by atoms with E-state index >= 15 is 0 Å². The summed E-state index contributed by atoms with van der Waals surface area (Å²) >= 11 is 1.65. The van der Waals surface area contributed by atoms with Crippen molar-refractivity contribution in [3.05, 3.63) is 22.4 Å². The first-order valence-electron chi connectivity index (χ1n) is 5.42. The molecule has 0 saturated heterocycles. The number of carbonyl (C=O) groups is 1. The van der Waals surface area contributed by atoms with Gasteiger partial charge in [0.05, 0.1) is 6.54 Å². The number of amides is 1. The van der Waals surface area contributed by atoms with Crippen LogP contribution < -0.4 is 0 Å². The van der Waals surface area contributed by atoms with E-state index in [-0.39, 0.29) is 6.09 Å². The van der Waals surface area contributed by atoms with Crippen LogP contribution >= 0.6 is 11.3 Å². The van der Waals surface area contributed by atoms with Crippen LogP contribution in [0.4, 0.5) is 4.79 Å². The summed E-state index contributed by atoms with van der Waals surface area (Å²) in [6.07, 6.45) is -0.247. The number of ether oxygens (including phenoxy) is 1. The van der Waals surface area contributed by atoms with Crippen LogP contribution in [-0.2, 0) is 11.3 Å². The molecule has 0 aliphatic heterocycles. The van der Waals surface area contributed by atoms with Crippen molar-refractivity contribution in [1.82, 2.24) is 4.90 Å². The average Bonchev–Trinajstić information content (AvgIpc) is 2.63. The lowest BCUT2D eigenvalue weighted by Crippen LogP contribution is -2.36. The van der Waals surface area contributed by atoms with Crippen molar-refractivity contribution < 1.29 is 9.53 Å². The predicted octanol–water partition coefficient (Wildman–Crippen LogP) is 3.51. The van der Waals surface area contributed by atoms with Gasteiger partial charge in [0.15, 0.2) is 0 Å². The second kappa shape index (κ2) is 5.34. The minimum Gasteiger partial charge on any atom is -0.444 e. The minimum atomic E-state index is -0.431. The van der Waals surface area contributed by atoms with Crippen LogP contribution in [0, 0.1) is 0 Å². The van der Waals surface area contributed by atoms with Crippen molar-refractivity contribution in [3.63, 3.8) is 0 Å². The zero-order chi connectivity index (χ0) is 12.2. The largest absolute Gasteiger partial charge is 0.444 e. The van der Waals surface area contributed by atoms with Gasteiger partial charge in [-0.15, -0.1) is 11.3 Å². The standard InChI is InChI=1S/C12H19NO2S/c1-5-13(9-10-7-6-8-16-10)11(14)15-12(2,3)4/h6-8H,5,9H2,1-4H3. The van der Waals surface area contributed by atoms with Gasteiger partial charge in [-0.3, -0.25) is 0 Å². The molecule has 0 aliphatic rings. The molecule has 0 spiro atoms. The third-order valence-corrected chi connectivity index (χ3v) is 2.82. The van der Waals surface area contributed by atoms with Gasteiger partial charge in [-0.2, -0.15) is 0 Å². The summed E-state index contributed by atoms with van der Waals surface area (Å²) < 4.78 is 5.33. The Hall–Kier alpha value is -1.03. The molecular weight excluding hydrogens is 222 g/mol. The minimum absolute atomic E-state index is 0.247. The lowest BCUT2D eigenvalue weighted by atomic mass is 10.2. The third kappa shape index (κ3) is 4.23. The van der Waals surface area contributed by atoms with E-state index < -0.39 is 5.60 Å². The topological polar surface area (TPSA) is 29.5 Å². The number of thiophene rings is 1. The van der Waals surface area contributed by atoms with E-state index in [4.69, 9.17) is 4.74 Å². The molecule has 1 aromatic heterocycles. The summed E-state index contributed by atoms with van der Waals surface area (Å²) in [6.45, 7) is 8.88. The molecule has 1 amide bonds. The van der Waals surface area contributed by atoms with Gasteiger partial charge in [0.2, 0.25) is 0 Å². The fourth-order valence-electron chi connectivity index (χ4n) is 1.22. The molecule has 90 valence electrons.